The largest absolute Gasteiger partial charge is 0.497 e. The lowest BCUT2D eigenvalue weighted by Crippen LogP contribution is -2.24. The molecule has 2 N–H and O–H groups in total. The first-order chi connectivity index (χ1) is 19.7. The van der Waals surface area contributed by atoms with Crippen LogP contribution in [0.4, 0.5) is 11.6 Å². The van der Waals surface area contributed by atoms with Crippen LogP contribution in [0.25, 0.3) is 22.2 Å². The zero-order chi connectivity index (χ0) is 29.5. The van der Waals surface area contributed by atoms with Gasteiger partial charge >= 0.3 is 0 Å². The van der Waals surface area contributed by atoms with Crippen molar-refractivity contribution in [2.75, 3.05) is 52.5 Å². The number of anilines is 2. The third-order valence-corrected chi connectivity index (χ3v) is 6.76. The van der Waals surface area contributed by atoms with E-state index in [0.717, 1.165) is 5.56 Å². The lowest BCUT2D eigenvalue weighted by atomic mass is 10.0. The number of methoxy groups -OCH3 is 2. The maximum Gasteiger partial charge on any atom is 0.260 e. The third kappa shape index (κ3) is 7.03. The second-order valence-corrected chi connectivity index (χ2v) is 9.91. The van der Waals surface area contributed by atoms with Crippen molar-refractivity contribution < 1.29 is 14.3 Å². The Morgan fingerprint density at radius 2 is 1.93 bits per heavy atom. The number of hydrogen-bond acceptors (Lipinski definition) is 8. The van der Waals surface area contributed by atoms with E-state index in [0.29, 0.717) is 69.8 Å². The van der Waals surface area contributed by atoms with Crippen LogP contribution in [0.5, 0.6) is 11.5 Å². The average molecular weight is 577 g/mol. The number of rotatable bonds is 11. The number of nitrogens with zero attached hydrogens (tertiary/aromatic N) is 4. The first-order valence-corrected chi connectivity index (χ1v) is 13.3. The van der Waals surface area contributed by atoms with E-state index in [4.69, 9.17) is 21.1 Å². The molecule has 41 heavy (non-hydrogen) atoms. The molecule has 11 heteroatoms. The maximum absolute atomic E-state index is 14.0. The van der Waals surface area contributed by atoms with Crippen LogP contribution >= 0.6 is 11.6 Å². The Kier molecular flexibility index (Phi) is 9.59. The molecule has 1 amide bonds. The molecule has 214 valence electrons. The minimum atomic E-state index is -0.272. The second-order valence-electron chi connectivity index (χ2n) is 9.53. The molecule has 0 spiro atoms. The quantitative estimate of drug-likeness (QED) is 0.252. The zero-order valence-corrected chi connectivity index (χ0v) is 24.5. The van der Waals surface area contributed by atoms with Gasteiger partial charge in [-0.05, 0) is 50.3 Å². The number of aromatic nitrogens is 3. The summed E-state index contributed by atoms with van der Waals surface area (Å²) in [6.45, 7) is 0.990. The standard InChI is InChI=1S/C30H33ClN6O4/c1-32-30-33-18-20-15-24(23-16-22(40-4)17-25(41-5)27(23)31)29(39)37(28(20)35-30)13-11-19-8-6-9-21(14-19)34-26(38)10-7-12-36(2)3/h6-10,14-18H,11-13H2,1-5H3,(H,34,38)(H,32,33,35). The van der Waals surface area contributed by atoms with E-state index in [1.165, 1.54) is 20.3 Å². The number of amides is 1. The van der Waals surface area contributed by atoms with Crippen molar-refractivity contribution in [2.45, 2.75) is 13.0 Å². The summed E-state index contributed by atoms with van der Waals surface area (Å²) in [4.78, 5) is 37.2. The van der Waals surface area contributed by atoms with Crippen LogP contribution in [0, 0.1) is 0 Å². The van der Waals surface area contributed by atoms with Crippen LogP contribution < -0.4 is 25.7 Å². The molecule has 2 aromatic carbocycles. The SMILES string of the molecule is CNc1ncc2cc(-c3cc(OC)cc(OC)c3Cl)c(=O)n(CCc3cccc(NC(=O)C=CCN(C)C)c3)c2n1. The molecule has 10 nitrogen and oxygen atoms in total. The minimum absolute atomic E-state index is 0.208. The molecule has 0 aliphatic carbocycles. The van der Waals surface area contributed by atoms with Gasteiger partial charge in [0.25, 0.3) is 5.56 Å². The minimum Gasteiger partial charge on any atom is -0.497 e. The average Bonchev–Trinajstić information content (AvgIpc) is 2.96. The van der Waals surface area contributed by atoms with E-state index >= 15 is 0 Å². The fraction of sp³-hybridized carbons (Fsp3) is 0.267. The van der Waals surface area contributed by atoms with E-state index in [1.54, 1.807) is 42.1 Å². The highest BCUT2D eigenvalue weighted by atomic mass is 35.5. The first kappa shape index (κ1) is 29.6. The Labute approximate surface area is 243 Å². The number of benzene rings is 2. The summed E-state index contributed by atoms with van der Waals surface area (Å²) in [5, 5.41) is 6.79. The number of nitrogens with one attached hydrogen (secondary N) is 2. The van der Waals surface area contributed by atoms with Crippen LogP contribution in [0.2, 0.25) is 5.02 Å². The van der Waals surface area contributed by atoms with Crippen LogP contribution in [0.1, 0.15) is 5.56 Å². The van der Waals surface area contributed by atoms with E-state index in [9.17, 15) is 9.59 Å². The molecule has 2 heterocycles. The summed E-state index contributed by atoms with van der Waals surface area (Å²) in [6, 6.07) is 12.6. The number of carbonyl (C=O) groups excluding carboxylic acids is 1. The molecule has 0 fully saturated rings. The fourth-order valence-corrected chi connectivity index (χ4v) is 4.60. The van der Waals surface area contributed by atoms with Gasteiger partial charge in [0.15, 0.2) is 0 Å². The topological polar surface area (TPSA) is 111 Å². The van der Waals surface area contributed by atoms with Gasteiger partial charge in [0.05, 0.1) is 19.2 Å². The Morgan fingerprint density at radius 1 is 1.12 bits per heavy atom. The van der Waals surface area contributed by atoms with Gasteiger partial charge in [-0.15, -0.1) is 0 Å². The highest BCUT2D eigenvalue weighted by molar-refractivity contribution is 6.35. The van der Waals surface area contributed by atoms with Crippen LogP contribution in [-0.4, -0.2) is 67.2 Å². The Balaban J connectivity index is 1.71. The smallest absolute Gasteiger partial charge is 0.260 e. The summed E-state index contributed by atoms with van der Waals surface area (Å²) >= 11 is 6.66. The van der Waals surface area contributed by atoms with Crippen molar-refractivity contribution in [3.05, 3.63) is 81.8 Å². The molecule has 0 radical (unpaired) electrons. The van der Waals surface area contributed by atoms with Gasteiger partial charge in [-0.1, -0.05) is 29.8 Å². The van der Waals surface area contributed by atoms with Crippen LogP contribution in [0.15, 0.2) is 65.6 Å². The van der Waals surface area contributed by atoms with Crippen molar-refractivity contribution in [3.63, 3.8) is 0 Å². The van der Waals surface area contributed by atoms with Crippen molar-refractivity contribution in [1.29, 1.82) is 0 Å². The van der Waals surface area contributed by atoms with Crippen molar-refractivity contribution >= 4 is 40.2 Å². The van der Waals surface area contributed by atoms with Crippen molar-refractivity contribution in [1.82, 2.24) is 19.4 Å². The Morgan fingerprint density at radius 3 is 2.63 bits per heavy atom. The molecule has 0 aliphatic rings. The van der Waals surface area contributed by atoms with Gasteiger partial charge in [0.1, 0.15) is 17.1 Å². The second kappa shape index (κ2) is 13.3. The number of likely N-dealkylation sites (N-methyl/N-ethyl adjacent to an activating group) is 1. The summed E-state index contributed by atoms with van der Waals surface area (Å²) in [7, 11) is 8.63. The molecule has 0 unspecified atom stereocenters. The molecule has 4 aromatic rings. The van der Waals surface area contributed by atoms with Gasteiger partial charge in [-0.2, -0.15) is 4.98 Å². The molecular weight excluding hydrogens is 544 g/mol. The van der Waals surface area contributed by atoms with Crippen molar-refractivity contribution in [3.8, 4) is 22.6 Å². The van der Waals surface area contributed by atoms with E-state index in [2.05, 4.69) is 20.6 Å². The van der Waals surface area contributed by atoms with Crippen LogP contribution in [0.3, 0.4) is 0 Å². The fourth-order valence-electron chi connectivity index (χ4n) is 4.31. The highest BCUT2D eigenvalue weighted by Crippen LogP contribution is 2.38. The molecule has 0 atom stereocenters. The molecular formula is C30H33ClN6O4. The Bertz CT molecular complexity index is 1650. The van der Waals surface area contributed by atoms with Crippen molar-refractivity contribution in [2.24, 2.45) is 0 Å². The molecule has 2 aromatic heterocycles. The first-order valence-electron chi connectivity index (χ1n) is 13.0. The van der Waals surface area contributed by atoms with Gasteiger partial charge < -0.3 is 25.0 Å². The molecule has 4 rings (SSSR count). The predicted molar refractivity (Wildman–Crippen MR) is 163 cm³/mol. The highest BCUT2D eigenvalue weighted by Gasteiger charge is 2.19. The Hall–Kier alpha value is -4.41. The summed E-state index contributed by atoms with van der Waals surface area (Å²) in [6.07, 6.45) is 5.49. The van der Waals surface area contributed by atoms with Gasteiger partial charge in [0.2, 0.25) is 11.9 Å². The number of fused-ring (bicyclic) bond motifs is 1. The normalized spacial score (nSPS) is 11.3. The van der Waals surface area contributed by atoms with Gasteiger partial charge in [-0.3, -0.25) is 14.2 Å². The molecule has 0 aliphatic heterocycles. The van der Waals surface area contributed by atoms with E-state index in [-0.39, 0.29) is 11.5 Å². The monoisotopic (exact) mass is 576 g/mol. The van der Waals surface area contributed by atoms with Crippen LogP contribution in [-0.2, 0) is 17.8 Å². The van der Waals surface area contributed by atoms with E-state index < -0.39 is 0 Å². The number of halogens is 1. The number of ether oxygens (including phenoxy) is 2. The third-order valence-electron chi connectivity index (χ3n) is 6.37. The lowest BCUT2D eigenvalue weighted by Gasteiger charge is -2.16. The van der Waals surface area contributed by atoms with Gasteiger partial charge in [0, 0.05) is 60.7 Å². The molecule has 0 saturated heterocycles. The number of hydrogen-bond donors (Lipinski definition) is 2. The zero-order valence-electron chi connectivity index (χ0n) is 23.7. The maximum atomic E-state index is 14.0. The summed E-state index contributed by atoms with van der Waals surface area (Å²) < 4.78 is 12.5. The predicted octanol–water partition coefficient (Wildman–Crippen LogP) is 4.47. The van der Waals surface area contributed by atoms with E-state index in [1.807, 2.05) is 43.3 Å². The molecule has 0 saturated carbocycles. The molecule has 0 bridgehead atoms. The summed E-state index contributed by atoms with van der Waals surface area (Å²) in [5.41, 5.74) is 2.67. The van der Waals surface area contributed by atoms with Gasteiger partial charge in [-0.25, -0.2) is 4.98 Å². The summed E-state index contributed by atoms with van der Waals surface area (Å²) in [5.74, 6) is 1.08. The lowest BCUT2D eigenvalue weighted by molar-refractivity contribution is -0.111. The number of aryl methyl sites for hydroxylation is 2. The number of carbonyl (C=O) groups is 1. The number of pyridine rings is 1.